The van der Waals surface area contributed by atoms with Crippen LogP contribution in [-0.2, 0) is 28.5 Å². The first-order chi connectivity index (χ1) is 16.1. The van der Waals surface area contributed by atoms with E-state index in [-0.39, 0.29) is 5.97 Å². The molecule has 4 aromatic rings. The number of benzene rings is 3. The third kappa shape index (κ3) is 4.67. The number of aryl methyl sites for hydroxylation is 2. The van der Waals surface area contributed by atoms with Crippen LogP contribution in [0.25, 0.3) is 0 Å². The molecule has 0 aliphatic rings. The van der Waals surface area contributed by atoms with E-state index in [1.165, 1.54) is 0 Å². The molecule has 0 bridgehead atoms. The topological polar surface area (TPSA) is 56.1 Å². The summed E-state index contributed by atoms with van der Waals surface area (Å²) in [6.45, 7) is 2.21. The number of esters is 1. The minimum atomic E-state index is -0.656. The van der Waals surface area contributed by atoms with Crippen LogP contribution in [0.2, 0.25) is 0 Å². The summed E-state index contributed by atoms with van der Waals surface area (Å²) in [4.78, 5) is 12.0. The zero-order valence-electron chi connectivity index (χ0n) is 19.1. The maximum Gasteiger partial charge on any atom is 0.306 e. The van der Waals surface area contributed by atoms with Crippen LogP contribution in [0.5, 0.6) is 0 Å². The normalized spacial score (nSPS) is 11.2. The van der Waals surface area contributed by atoms with E-state index in [1.54, 1.807) is 0 Å². The highest BCUT2D eigenvalue weighted by atomic mass is 16.5. The van der Waals surface area contributed by atoms with Gasteiger partial charge in [-0.05, 0) is 30.0 Å². The lowest BCUT2D eigenvalue weighted by Crippen LogP contribution is -2.39. The van der Waals surface area contributed by atoms with Crippen LogP contribution < -0.4 is 5.32 Å². The van der Waals surface area contributed by atoms with Crippen LogP contribution in [0.1, 0.15) is 35.6 Å². The molecule has 3 aromatic carbocycles. The van der Waals surface area contributed by atoms with Crippen LogP contribution in [0.15, 0.2) is 97.2 Å². The number of rotatable bonds is 9. The number of carbonyl (C=O) groups excluding carboxylic acids is 1. The maximum absolute atomic E-state index is 12.0. The Hall–Kier alpha value is -3.86. The lowest BCUT2D eigenvalue weighted by molar-refractivity contribution is -0.143. The first-order valence-electron chi connectivity index (χ1n) is 11.3. The van der Waals surface area contributed by atoms with Crippen molar-refractivity contribution in [2.75, 3.05) is 11.9 Å². The highest BCUT2D eigenvalue weighted by molar-refractivity contribution is 5.70. The Bertz CT molecular complexity index is 1080. The van der Waals surface area contributed by atoms with Crippen molar-refractivity contribution in [2.24, 2.45) is 7.05 Å². The lowest BCUT2D eigenvalue weighted by Gasteiger charge is -2.38. The van der Waals surface area contributed by atoms with Crippen molar-refractivity contribution < 1.29 is 9.53 Å². The summed E-state index contributed by atoms with van der Waals surface area (Å²) in [5.74, 6) is 0.670. The van der Waals surface area contributed by atoms with Gasteiger partial charge in [-0.2, -0.15) is 5.10 Å². The molecule has 0 saturated carbocycles. The first kappa shape index (κ1) is 22.3. The molecule has 5 heteroatoms. The van der Waals surface area contributed by atoms with Gasteiger partial charge in [0, 0.05) is 19.0 Å². The van der Waals surface area contributed by atoms with Gasteiger partial charge in [0.15, 0.2) is 0 Å². The number of hydrogen-bond acceptors (Lipinski definition) is 4. The molecule has 0 spiro atoms. The molecule has 0 amide bonds. The van der Waals surface area contributed by atoms with Crippen LogP contribution in [-0.4, -0.2) is 22.4 Å². The van der Waals surface area contributed by atoms with Gasteiger partial charge >= 0.3 is 5.97 Å². The molecule has 0 saturated heterocycles. The second kappa shape index (κ2) is 10.2. The van der Waals surface area contributed by atoms with Crippen molar-refractivity contribution in [3.05, 3.63) is 119 Å². The van der Waals surface area contributed by atoms with Crippen molar-refractivity contribution in [3.63, 3.8) is 0 Å². The molecule has 0 aliphatic heterocycles. The molecule has 0 fully saturated rings. The van der Waals surface area contributed by atoms with E-state index in [4.69, 9.17) is 4.74 Å². The Morgan fingerprint density at radius 1 is 0.879 bits per heavy atom. The Labute approximate surface area is 195 Å². The monoisotopic (exact) mass is 439 g/mol. The van der Waals surface area contributed by atoms with Crippen LogP contribution >= 0.6 is 0 Å². The summed E-state index contributed by atoms with van der Waals surface area (Å²) in [5, 5.41) is 8.37. The van der Waals surface area contributed by atoms with Crippen molar-refractivity contribution in [3.8, 4) is 0 Å². The molecule has 0 aliphatic carbocycles. The number of anilines is 1. The van der Waals surface area contributed by atoms with E-state index in [0.29, 0.717) is 19.4 Å². The van der Waals surface area contributed by atoms with Gasteiger partial charge < -0.3 is 10.1 Å². The predicted octanol–water partition coefficient (Wildman–Crippen LogP) is 5.32. The van der Waals surface area contributed by atoms with Crippen molar-refractivity contribution in [1.29, 1.82) is 0 Å². The Morgan fingerprint density at radius 2 is 1.36 bits per heavy atom. The second-order valence-corrected chi connectivity index (χ2v) is 7.92. The number of nitrogens with one attached hydrogen (secondary N) is 1. The van der Waals surface area contributed by atoms with E-state index >= 15 is 0 Å². The second-order valence-electron chi connectivity index (χ2n) is 7.92. The van der Waals surface area contributed by atoms with Gasteiger partial charge in [-0.3, -0.25) is 9.48 Å². The summed E-state index contributed by atoms with van der Waals surface area (Å²) >= 11 is 0. The predicted molar refractivity (Wildman–Crippen MR) is 131 cm³/mol. The zero-order chi connectivity index (χ0) is 23.1. The fraction of sp³-hybridized carbons (Fsp3) is 0.214. The molecule has 0 unspecified atom stereocenters. The molecule has 5 nitrogen and oxygen atoms in total. The minimum absolute atomic E-state index is 0.201. The number of ether oxygens (including phenoxy) is 1. The van der Waals surface area contributed by atoms with E-state index in [9.17, 15) is 4.79 Å². The SMILES string of the molecule is CCOC(=O)CCc1cnn(C)c1NC(c1ccccc1)(c1ccccc1)c1ccccc1. The quantitative estimate of drug-likeness (QED) is 0.283. The molecule has 4 rings (SSSR count). The van der Waals surface area contributed by atoms with Gasteiger partial charge in [0.05, 0.1) is 12.8 Å². The molecule has 1 N–H and O–H groups in total. The van der Waals surface area contributed by atoms with E-state index in [1.807, 2.05) is 43.0 Å². The van der Waals surface area contributed by atoms with Crippen LogP contribution in [0.4, 0.5) is 5.82 Å². The average molecular weight is 440 g/mol. The molecule has 0 radical (unpaired) electrons. The molecule has 168 valence electrons. The number of carbonyl (C=O) groups is 1. The highest BCUT2D eigenvalue weighted by Gasteiger charge is 2.37. The van der Waals surface area contributed by atoms with Gasteiger partial charge in [0.2, 0.25) is 0 Å². The molecule has 1 aromatic heterocycles. The molecular formula is C28H29N3O2. The smallest absolute Gasteiger partial charge is 0.306 e. The van der Waals surface area contributed by atoms with Crippen LogP contribution in [0, 0.1) is 0 Å². The van der Waals surface area contributed by atoms with E-state index in [0.717, 1.165) is 28.1 Å². The van der Waals surface area contributed by atoms with Crippen molar-refractivity contribution in [1.82, 2.24) is 9.78 Å². The molecule has 33 heavy (non-hydrogen) atoms. The average Bonchev–Trinajstić information content (AvgIpc) is 3.21. The summed E-state index contributed by atoms with van der Waals surface area (Å²) in [7, 11) is 1.92. The van der Waals surface area contributed by atoms with Crippen molar-refractivity contribution >= 4 is 11.8 Å². The Morgan fingerprint density at radius 3 is 1.82 bits per heavy atom. The van der Waals surface area contributed by atoms with E-state index < -0.39 is 5.54 Å². The first-order valence-corrected chi connectivity index (χ1v) is 11.3. The van der Waals surface area contributed by atoms with Crippen molar-refractivity contribution in [2.45, 2.75) is 25.3 Å². The standard InChI is InChI=1S/C28H29N3O2/c1-3-33-26(32)20-19-22-21-29-31(2)27(22)30-28(23-13-7-4-8-14-23,24-15-9-5-10-16-24)25-17-11-6-12-18-25/h4-18,21,30H,3,19-20H2,1-2H3. The van der Waals surface area contributed by atoms with E-state index in [2.05, 4.69) is 83.2 Å². The largest absolute Gasteiger partial charge is 0.466 e. The number of aromatic nitrogens is 2. The lowest BCUT2D eigenvalue weighted by atomic mass is 9.77. The van der Waals surface area contributed by atoms with Crippen LogP contribution in [0.3, 0.4) is 0 Å². The third-order valence-corrected chi connectivity index (χ3v) is 5.84. The zero-order valence-corrected chi connectivity index (χ0v) is 19.1. The fourth-order valence-corrected chi connectivity index (χ4v) is 4.26. The van der Waals surface area contributed by atoms with Gasteiger partial charge in [-0.1, -0.05) is 91.0 Å². The summed E-state index contributed by atoms with van der Waals surface area (Å²) in [5.41, 5.74) is 3.65. The van der Waals surface area contributed by atoms with Gasteiger partial charge in [0.25, 0.3) is 0 Å². The summed E-state index contributed by atoms with van der Waals surface area (Å²) < 4.78 is 6.97. The van der Waals surface area contributed by atoms with Gasteiger partial charge in [-0.15, -0.1) is 0 Å². The van der Waals surface area contributed by atoms with Gasteiger partial charge in [0.1, 0.15) is 11.4 Å². The number of nitrogens with zero attached hydrogens (tertiary/aromatic N) is 2. The maximum atomic E-state index is 12.0. The number of hydrogen-bond donors (Lipinski definition) is 1. The van der Waals surface area contributed by atoms with Gasteiger partial charge in [-0.25, -0.2) is 0 Å². The summed E-state index contributed by atoms with van der Waals surface area (Å²) in [6.07, 6.45) is 2.68. The highest BCUT2D eigenvalue weighted by Crippen LogP contribution is 2.40. The molecule has 0 atom stereocenters. The third-order valence-electron chi connectivity index (χ3n) is 5.84. The summed E-state index contributed by atoms with van der Waals surface area (Å²) in [6, 6.07) is 31.3. The molecule has 1 heterocycles. The molecular weight excluding hydrogens is 410 g/mol. The minimum Gasteiger partial charge on any atom is -0.466 e. The Kier molecular flexibility index (Phi) is 6.89. The Balaban J connectivity index is 1.86. The fourth-order valence-electron chi connectivity index (χ4n) is 4.26.